The largest absolute Gasteiger partial charge is 0.446 e. The van der Waals surface area contributed by atoms with Crippen molar-refractivity contribution >= 4 is 17.7 Å². The summed E-state index contributed by atoms with van der Waals surface area (Å²) in [5.74, 6) is 5.13. The number of alkyl halides is 6. The molecule has 14 heteroatoms. The Balaban J connectivity index is 1.86. The van der Waals surface area contributed by atoms with Crippen LogP contribution in [0.4, 0.5) is 36.8 Å². The summed E-state index contributed by atoms with van der Waals surface area (Å²) in [6.45, 7) is 3.18. The zero-order chi connectivity index (χ0) is 30.1. The number of nitrogens with zero attached hydrogens (tertiary/aromatic N) is 4. The summed E-state index contributed by atoms with van der Waals surface area (Å²) in [6.07, 6.45) is -7.84. The average molecular weight is 585 g/mol. The summed E-state index contributed by atoms with van der Waals surface area (Å²) in [6, 6.07) is 4.39. The van der Waals surface area contributed by atoms with E-state index in [1.807, 2.05) is 12.1 Å². The second kappa shape index (κ2) is 11.6. The maximum Gasteiger partial charge on any atom is 0.416 e. The lowest BCUT2D eigenvalue weighted by Gasteiger charge is -2.33. The molecule has 0 bridgehead atoms. The third-order valence-corrected chi connectivity index (χ3v) is 7.16. The van der Waals surface area contributed by atoms with Crippen molar-refractivity contribution in [3.63, 3.8) is 0 Å². The molecule has 1 aliphatic heterocycles. The molecule has 1 amide bonds. The van der Waals surface area contributed by atoms with E-state index in [1.165, 1.54) is 9.80 Å². The molecule has 1 unspecified atom stereocenters. The molecule has 2 aliphatic rings. The molecule has 0 saturated carbocycles. The SMILES string of the molecule is CC(C)OC(=O)N1CCCC(N(Cc2cc(C(F)(F)F)cc(C(F)(F)F)c2)C(N=N)=NN)c2cc3c(cc21)CCC3. The molecule has 2 aromatic carbocycles. The van der Waals surface area contributed by atoms with Crippen molar-refractivity contribution in [2.24, 2.45) is 16.1 Å². The van der Waals surface area contributed by atoms with E-state index < -0.39 is 48.3 Å². The third-order valence-electron chi connectivity index (χ3n) is 7.16. The summed E-state index contributed by atoms with van der Waals surface area (Å²) in [5.41, 5.74) is 7.58. The molecule has 1 atom stereocenters. The number of ether oxygens (including phenoxy) is 1. The van der Waals surface area contributed by atoms with Gasteiger partial charge < -0.3 is 15.5 Å². The summed E-state index contributed by atoms with van der Waals surface area (Å²) in [7, 11) is 0. The molecule has 41 heavy (non-hydrogen) atoms. The number of carbonyl (C=O) groups excluding carboxylic acids is 1. The Hall–Kier alpha value is -3.84. The predicted molar refractivity (Wildman–Crippen MR) is 138 cm³/mol. The second-order valence-electron chi connectivity index (χ2n) is 10.4. The minimum Gasteiger partial charge on any atom is -0.446 e. The molecule has 222 valence electrons. The number of aryl methyl sites for hydroxylation is 2. The summed E-state index contributed by atoms with van der Waals surface area (Å²) in [4.78, 5) is 15.9. The number of hydrogen-bond donors (Lipinski definition) is 2. The molecule has 0 radical (unpaired) electrons. The molecule has 0 fully saturated rings. The van der Waals surface area contributed by atoms with Gasteiger partial charge in [-0.05, 0) is 92.5 Å². The minimum absolute atomic E-state index is 0.0586. The number of benzene rings is 2. The van der Waals surface area contributed by atoms with E-state index in [0.29, 0.717) is 36.2 Å². The fourth-order valence-corrected chi connectivity index (χ4v) is 5.42. The molecule has 0 aromatic heterocycles. The Labute approximate surface area is 232 Å². The first-order valence-electron chi connectivity index (χ1n) is 13.1. The lowest BCUT2D eigenvalue weighted by molar-refractivity contribution is -0.143. The van der Waals surface area contributed by atoms with Crippen LogP contribution in [0.1, 0.15) is 72.5 Å². The molecule has 8 nitrogen and oxygen atoms in total. The number of nitrogens with two attached hydrogens (primary N) is 1. The van der Waals surface area contributed by atoms with Crippen molar-refractivity contribution in [2.75, 3.05) is 11.4 Å². The molecule has 1 aliphatic carbocycles. The van der Waals surface area contributed by atoms with Crippen LogP contribution in [0.25, 0.3) is 0 Å². The van der Waals surface area contributed by atoms with Crippen molar-refractivity contribution < 1.29 is 35.9 Å². The first-order chi connectivity index (χ1) is 19.2. The van der Waals surface area contributed by atoms with Gasteiger partial charge >= 0.3 is 18.4 Å². The highest BCUT2D eigenvalue weighted by Crippen LogP contribution is 2.42. The number of halogens is 6. The van der Waals surface area contributed by atoms with Crippen molar-refractivity contribution in [3.8, 4) is 0 Å². The number of hydrazone groups is 1. The van der Waals surface area contributed by atoms with E-state index in [2.05, 4.69) is 10.2 Å². The average Bonchev–Trinajstić information content (AvgIpc) is 3.26. The van der Waals surface area contributed by atoms with Gasteiger partial charge in [-0.1, -0.05) is 6.07 Å². The first kappa shape index (κ1) is 30.1. The van der Waals surface area contributed by atoms with E-state index >= 15 is 0 Å². The van der Waals surface area contributed by atoms with Gasteiger partial charge in [-0.3, -0.25) is 4.90 Å². The van der Waals surface area contributed by atoms with Crippen LogP contribution in [0.3, 0.4) is 0 Å². The van der Waals surface area contributed by atoms with Gasteiger partial charge in [0.1, 0.15) is 0 Å². The summed E-state index contributed by atoms with van der Waals surface area (Å²) >= 11 is 0. The number of hydrogen-bond acceptors (Lipinski definition) is 5. The van der Waals surface area contributed by atoms with Gasteiger partial charge in [0, 0.05) is 13.1 Å². The van der Waals surface area contributed by atoms with E-state index in [9.17, 15) is 31.1 Å². The van der Waals surface area contributed by atoms with E-state index in [0.717, 1.165) is 30.4 Å². The van der Waals surface area contributed by atoms with Crippen LogP contribution in [-0.4, -0.2) is 29.6 Å². The Kier molecular flexibility index (Phi) is 8.50. The molecule has 0 saturated heterocycles. The van der Waals surface area contributed by atoms with Gasteiger partial charge in [0.15, 0.2) is 0 Å². The fourth-order valence-electron chi connectivity index (χ4n) is 5.42. The highest BCUT2D eigenvalue weighted by molar-refractivity contribution is 5.90. The van der Waals surface area contributed by atoms with Crippen LogP contribution in [-0.2, 0) is 36.5 Å². The van der Waals surface area contributed by atoms with Gasteiger partial charge in [-0.25, -0.2) is 10.3 Å². The van der Waals surface area contributed by atoms with Gasteiger partial charge in [-0.15, -0.1) is 10.2 Å². The third kappa shape index (κ3) is 6.57. The maximum absolute atomic E-state index is 13.6. The zero-order valence-electron chi connectivity index (χ0n) is 22.4. The molecular weight excluding hydrogens is 554 g/mol. The Morgan fingerprint density at radius 2 is 1.66 bits per heavy atom. The van der Waals surface area contributed by atoms with Crippen molar-refractivity contribution in [1.82, 2.24) is 4.90 Å². The molecule has 2 aromatic rings. The monoisotopic (exact) mass is 584 g/mol. The van der Waals surface area contributed by atoms with Crippen LogP contribution < -0.4 is 10.7 Å². The van der Waals surface area contributed by atoms with Gasteiger partial charge in [-0.2, -0.15) is 26.3 Å². The highest BCUT2D eigenvalue weighted by atomic mass is 19.4. The molecule has 0 spiro atoms. The number of fused-ring (bicyclic) bond motifs is 2. The number of carbonyl (C=O) groups is 1. The molecule has 1 heterocycles. The van der Waals surface area contributed by atoms with Crippen molar-refractivity contribution in [1.29, 1.82) is 5.53 Å². The molecule has 3 N–H and O–H groups in total. The van der Waals surface area contributed by atoms with Crippen molar-refractivity contribution in [2.45, 2.75) is 77.0 Å². The van der Waals surface area contributed by atoms with Crippen LogP contribution in [0.5, 0.6) is 0 Å². The van der Waals surface area contributed by atoms with Crippen LogP contribution >= 0.6 is 0 Å². The van der Waals surface area contributed by atoms with E-state index in [4.69, 9.17) is 16.1 Å². The standard InChI is InChI=1S/C27H30F6N6O2/c1-15(2)41-25(40)38-8-4-7-22(21-11-17-5-3-6-18(17)12-23(21)38)39(24(36-34)37-35)14-16-9-19(26(28,29)30)13-20(10-16)27(31,32)33/h9-13,15,22,34H,3-8,14,35H2,1-2H3. The van der Waals surface area contributed by atoms with E-state index in [-0.39, 0.29) is 24.1 Å². The maximum atomic E-state index is 13.6. The zero-order valence-corrected chi connectivity index (χ0v) is 22.4. The number of guanidine groups is 1. The summed E-state index contributed by atoms with van der Waals surface area (Å²) < 4.78 is 87.0. The van der Waals surface area contributed by atoms with Gasteiger partial charge in [0.2, 0.25) is 0 Å². The van der Waals surface area contributed by atoms with Crippen LogP contribution in [0.15, 0.2) is 40.5 Å². The number of anilines is 1. The normalized spacial score (nSPS) is 17.6. The van der Waals surface area contributed by atoms with E-state index in [1.54, 1.807) is 13.8 Å². The quantitative estimate of drug-likeness (QED) is 0.0993. The summed E-state index contributed by atoms with van der Waals surface area (Å²) in [5, 5.41) is 6.87. The highest BCUT2D eigenvalue weighted by Gasteiger charge is 2.38. The molecule has 4 rings (SSSR count). The predicted octanol–water partition coefficient (Wildman–Crippen LogP) is 7.16. The molecular formula is C27H30F6N6O2. The Morgan fingerprint density at radius 1 is 1.05 bits per heavy atom. The topological polar surface area (TPSA) is 107 Å². The second-order valence-corrected chi connectivity index (χ2v) is 10.4. The van der Waals surface area contributed by atoms with Gasteiger partial charge in [0.25, 0.3) is 5.96 Å². The van der Waals surface area contributed by atoms with Crippen LogP contribution in [0, 0.1) is 5.53 Å². The minimum atomic E-state index is -5.03. The lowest BCUT2D eigenvalue weighted by Crippen LogP contribution is -2.35. The smallest absolute Gasteiger partial charge is 0.416 e. The number of amides is 1. The van der Waals surface area contributed by atoms with Crippen LogP contribution in [0.2, 0.25) is 0 Å². The number of rotatable bonds is 4. The first-order valence-corrected chi connectivity index (χ1v) is 13.1. The Morgan fingerprint density at radius 3 is 2.20 bits per heavy atom. The Bertz CT molecular complexity index is 1310. The fraction of sp³-hybridized carbons (Fsp3) is 0.481. The van der Waals surface area contributed by atoms with Gasteiger partial charge in [0.05, 0.1) is 29.0 Å². The van der Waals surface area contributed by atoms with Crippen molar-refractivity contribution in [3.05, 3.63) is 63.7 Å². The number of nitrogens with one attached hydrogen (secondary N) is 1. The lowest BCUT2D eigenvalue weighted by atomic mass is 9.95.